The molecule has 2 N–H and O–H groups in total. The molecule has 8 nitrogen and oxygen atoms in total. The number of urea groups is 1. The number of nitrogens with zero attached hydrogens (tertiary/aromatic N) is 2. The molecule has 2 rings (SSSR count). The second-order valence-electron chi connectivity index (χ2n) is 6.82. The van der Waals surface area contributed by atoms with Crippen molar-refractivity contribution >= 4 is 11.9 Å². The van der Waals surface area contributed by atoms with E-state index >= 15 is 0 Å². The largest absolute Gasteiger partial charge is 0.383 e. The Labute approximate surface area is 143 Å². The van der Waals surface area contributed by atoms with Gasteiger partial charge in [-0.2, -0.15) is 0 Å². The number of ether oxygens (including phenoxy) is 2. The quantitative estimate of drug-likeness (QED) is 0.579. The Morgan fingerprint density at radius 2 is 2.17 bits per heavy atom. The van der Waals surface area contributed by atoms with Crippen LogP contribution in [-0.4, -0.2) is 79.6 Å². The number of amides is 3. The van der Waals surface area contributed by atoms with Crippen LogP contribution in [0.2, 0.25) is 0 Å². The minimum atomic E-state index is -0.346. The number of hydroxylamine groups is 1. The first kappa shape index (κ1) is 19.0. The second-order valence-corrected chi connectivity index (χ2v) is 6.82. The molecule has 24 heavy (non-hydrogen) atoms. The third kappa shape index (κ3) is 4.37. The monoisotopic (exact) mass is 343 g/mol. The molecular formula is C16H29N3O5. The molecule has 3 amide bonds. The summed E-state index contributed by atoms with van der Waals surface area (Å²) in [6.45, 7) is 4.13. The molecule has 1 saturated carbocycles. The van der Waals surface area contributed by atoms with Gasteiger partial charge in [0.15, 0.2) is 0 Å². The van der Waals surface area contributed by atoms with E-state index in [0.717, 1.165) is 6.42 Å². The number of hydrogen-bond acceptors (Lipinski definition) is 5. The maximum absolute atomic E-state index is 12.7. The first-order valence-electron chi connectivity index (χ1n) is 8.54. The zero-order valence-corrected chi connectivity index (χ0v) is 14.7. The van der Waals surface area contributed by atoms with Crippen molar-refractivity contribution in [3.63, 3.8) is 0 Å². The summed E-state index contributed by atoms with van der Waals surface area (Å²) < 4.78 is 11.0. The summed E-state index contributed by atoms with van der Waals surface area (Å²) in [6, 6.07) is -0.0303. The van der Waals surface area contributed by atoms with Crippen LogP contribution in [0.3, 0.4) is 0 Å². The van der Waals surface area contributed by atoms with Gasteiger partial charge in [0, 0.05) is 39.1 Å². The Hall–Kier alpha value is -1.38. The van der Waals surface area contributed by atoms with E-state index in [-0.39, 0.29) is 35.9 Å². The molecule has 2 aliphatic rings. The zero-order valence-electron chi connectivity index (χ0n) is 14.7. The number of likely N-dealkylation sites (N-methyl/N-ethyl adjacent to an activating group) is 1. The molecule has 1 heterocycles. The number of nitrogens with one attached hydrogen (secondary N) is 1. The molecule has 8 heteroatoms. The van der Waals surface area contributed by atoms with Gasteiger partial charge in [0.1, 0.15) is 0 Å². The molecule has 1 saturated heterocycles. The molecule has 2 fully saturated rings. The van der Waals surface area contributed by atoms with Gasteiger partial charge in [0.05, 0.1) is 25.4 Å². The minimum absolute atomic E-state index is 0.0148. The molecule has 0 spiro atoms. The van der Waals surface area contributed by atoms with Gasteiger partial charge in [-0.05, 0) is 26.2 Å². The SMILES string of the molecule is COCCN(C)C(=O)N1CC2CCC(C(=O)NO)CC2OC[C@@H]1C. The van der Waals surface area contributed by atoms with E-state index < -0.39 is 0 Å². The van der Waals surface area contributed by atoms with Crippen LogP contribution in [0.5, 0.6) is 0 Å². The van der Waals surface area contributed by atoms with Crippen LogP contribution in [0.1, 0.15) is 26.2 Å². The fourth-order valence-corrected chi connectivity index (χ4v) is 3.53. The third-order valence-corrected chi connectivity index (χ3v) is 5.13. The Kier molecular flexibility index (Phi) is 6.82. The number of carbonyl (C=O) groups is 2. The van der Waals surface area contributed by atoms with Crippen molar-refractivity contribution in [2.24, 2.45) is 11.8 Å². The van der Waals surface area contributed by atoms with Crippen LogP contribution in [0.25, 0.3) is 0 Å². The summed E-state index contributed by atoms with van der Waals surface area (Å²) in [7, 11) is 3.39. The minimum Gasteiger partial charge on any atom is -0.383 e. The summed E-state index contributed by atoms with van der Waals surface area (Å²) >= 11 is 0. The summed E-state index contributed by atoms with van der Waals surface area (Å²) in [5.74, 6) is -0.350. The highest BCUT2D eigenvalue weighted by molar-refractivity contribution is 5.77. The number of fused-ring (bicyclic) bond motifs is 1. The normalized spacial score (nSPS) is 30.2. The van der Waals surface area contributed by atoms with E-state index in [9.17, 15) is 9.59 Å². The number of methoxy groups -OCH3 is 1. The van der Waals surface area contributed by atoms with E-state index in [1.165, 1.54) is 0 Å². The lowest BCUT2D eigenvalue weighted by atomic mass is 9.79. The lowest BCUT2D eigenvalue weighted by Gasteiger charge is -2.36. The van der Waals surface area contributed by atoms with Gasteiger partial charge in [0.25, 0.3) is 0 Å². The van der Waals surface area contributed by atoms with Gasteiger partial charge in [-0.15, -0.1) is 0 Å². The van der Waals surface area contributed by atoms with Crippen molar-refractivity contribution in [2.45, 2.75) is 38.3 Å². The van der Waals surface area contributed by atoms with Crippen LogP contribution in [-0.2, 0) is 14.3 Å². The lowest BCUT2D eigenvalue weighted by molar-refractivity contribution is -0.137. The van der Waals surface area contributed by atoms with Crippen molar-refractivity contribution in [1.82, 2.24) is 15.3 Å². The van der Waals surface area contributed by atoms with Gasteiger partial charge >= 0.3 is 6.03 Å². The molecule has 4 atom stereocenters. The lowest BCUT2D eigenvalue weighted by Crippen LogP contribution is -2.49. The van der Waals surface area contributed by atoms with Crippen molar-refractivity contribution in [3.05, 3.63) is 0 Å². The fourth-order valence-electron chi connectivity index (χ4n) is 3.53. The summed E-state index contributed by atoms with van der Waals surface area (Å²) in [4.78, 5) is 27.9. The topological polar surface area (TPSA) is 91.3 Å². The zero-order chi connectivity index (χ0) is 17.7. The van der Waals surface area contributed by atoms with E-state index in [0.29, 0.717) is 39.1 Å². The van der Waals surface area contributed by atoms with Gasteiger partial charge < -0.3 is 19.3 Å². The van der Waals surface area contributed by atoms with Crippen LogP contribution in [0, 0.1) is 11.8 Å². The van der Waals surface area contributed by atoms with E-state index in [4.69, 9.17) is 14.7 Å². The van der Waals surface area contributed by atoms with Crippen LogP contribution >= 0.6 is 0 Å². The van der Waals surface area contributed by atoms with Crippen molar-refractivity contribution in [2.75, 3.05) is 40.5 Å². The van der Waals surface area contributed by atoms with E-state index in [2.05, 4.69) is 0 Å². The highest BCUT2D eigenvalue weighted by Crippen LogP contribution is 2.34. The third-order valence-electron chi connectivity index (χ3n) is 5.13. The highest BCUT2D eigenvalue weighted by Gasteiger charge is 2.39. The average molecular weight is 343 g/mol. The molecule has 0 aromatic heterocycles. The van der Waals surface area contributed by atoms with Crippen LogP contribution in [0.15, 0.2) is 0 Å². The van der Waals surface area contributed by atoms with Crippen LogP contribution < -0.4 is 5.48 Å². The molecule has 138 valence electrons. The first-order chi connectivity index (χ1) is 11.5. The second kappa shape index (κ2) is 8.64. The summed E-state index contributed by atoms with van der Waals surface area (Å²) in [6.07, 6.45) is 2.05. The maximum Gasteiger partial charge on any atom is 0.320 e. The maximum atomic E-state index is 12.7. The van der Waals surface area contributed by atoms with Crippen molar-refractivity contribution < 1.29 is 24.3 Å². The molecule has 0 radical (unpaired) electrons. The molecular weight excluding hydrogens is 314 g/mol. The average Bonchev–Trinajstić information content (AvgIpc) is 2.76. The molecule has 0 bridgehead atoms. The van der Waals surface area contributed by atoms with Crippen LogP contribution in [0.4, 0.5) is 4.79 Å². The Morgan fingerprint density at radius 1 is 1.42 bits per heavy atom. The standard InChI is InChI=1S/C16H29N3O5/c1-11-10-24-14-8-12(15(20)17-22)4-5-13(14)9-19(11)16(21)18(2)6-7-23-3/h11-14,22H,4-10H2,1-3H3,(H,17,20)/t11-,12?,13?,14?/m0/s1. The van der Waals surface area contributed by atoms with Crippen molar-refractivity contribution in [3.8, 4) is 0 Å². The predicted octanol–water partition coefficient (Wildman–Crippen LogP) is 0.696. The Bertz CT molecular complexity index is 447. The molecule has 1 aliphatic heterocycles. The highest BCUT2D eigenvalue weighted by atomic mass is 16.5. The number of hydrogen-bond donors (Lipinski definition) is 2. The first-order valence-corrected chi connectivity index (χ1v) is 8.54. The smallest absolute Gasteiger partial charge is 0.320 e. The predicted molar refractivity (Wildman–Crippen MR) is 86.6 cm³/mol. The summed E-state index contributed by atoms with van der Waals surface area (Å²) in [5, 5.41) is 8.82. The molecule has 0 aromatic carbocycles. The van der Waals surface area contributed by atoms with Crippen molar-refractivity contribution in [1.29, 1.82) is 0 Å². The van der Waals surface area contributed by atoms with Gasteiger partial charge in [-0.1, -0.05) is 0 Å². The fraction of sp³-hybridized carbons (Fsp3) is 0.875. The van der Waals surface area contributed by atoms with Gasteiger partial charge in [0.2, 0.25) is 5.91 Å². The number of carbonyl (C=O) groups excluding carboxylic acids is 2. The molecule has 3 unspecified atom stereocenters. The van der Waals surface area contributed by atoms with E-state index in [1.54, 1.807) is 24.5 Å². The van der Waals surface area contributed by atoms with E-state index in [1.807, 2.05) is 11.8 Å². The van der Waals surface area contributed by atoms with Gasteiger partial charge in [-0.25, -0.2) is 10.3 Å². The van der Waals surface area contributed by atoms with Gasteiger partial charge in [-0.3, -0.25) is 10.0 Å². The Balaban J connectivity index is 2.00. The Morgan fingerprint density at radius 3 is 2.83 bits per heavy atom. The number of rotatable bonds is 4. The molecule has 1 aliphatic carbocycles. The summed E-state index contributed by atoms with van der Waals surface area (Å²) in [5.41, 5.74) is 1.74. The molecule has 0 aromatic rings.